The van der Waals surface area contributed by atoms with Crippen molar-refractivity contribution >= 4 is 14.3 Å². The van der Waals surface area contributed by atoms with Gasteiger partial charge in [0.15, 0.2) is 14.1 Å². The van der Waals surface area contributed by atoms with Crippen LogP contribution in [0, 0.1) is 23.7 Å². The van der Waals surface area contributed by atoms with Crippen LogP contribution < -0.4 is 0 Å². The lowest BCUT2D eigenvalue weighted by Gasteiger charge is -2.47. The zero-order valence-corrected chi connectivity index (χ0v) is 33.0. The highest BCUT2D eigenvalue weighted by molar-refractivity contribution is 6.74. The van der Waals surface area contributed by atoms with Gasteiger partial charge in [0, 0.05) is 39.1 Å². The zero-order chi connectivity index (χ0) is 36.1. The van der Waals surface area contributed by atoms with E-state index >= 15 is 0 Å². The molecule has 0 bridgehead atoms. The number of ether oxygens (including phenoxy) is 6. The van der Waals surface area contributed by atoms with Gasteiger partial charge in [-0.15, -0.1) is 0 Å². The fraction of sp³-hybridized carbons (Fsp3) is 0.718. The molecule has 0 saturated carbocycles. The predicted molar refractivity (Wildman–Crippen MR) is 194 cm³/mol. The molecule has 272 valence electrons. The SMILES string of the molecule is CCOC(=O)C#C[C@H](OC)[C@H]1OC(C)(C)O[C@@H]([C@@H](C)/C=C/[C@@H](OC)[C@H](CCCC[C@H](O[Si](C)(C)C(C)(C)C)c2ccccc2)OC)[C@H]1C. The van der Waals surface area contributed by atoms with Gasteiger partial charge in [-0.25, -0.2) is 4.79 Å². The second-order valence-corrected chi connectivity index (χ2v) is 19.6. The van der Waals surface area contributed by atoms with Crippen molar-refractivity contribution in [1.29, 1.82) is 0 Å². The van der Waals surface area contributed by atoms with E-state index in [1.54, 1.807) is 28.3 Å². The molecule has 1 aliphatic heterocycles. The molecule has 0 N–H and O–H groups in total. The molecule has 1 heterocycles. The second kappa shape index (κ2) is 19.4. The lowest BCUT2D eigenvalue weighted by Crippen LogP contribution is -2.55. The van der Waals surface area contributed by atoms with Gasteiger partial charge in [-0.3, -0.25) is 0 Å². The largest absolute Gasteiger partial charge is 0.456 e. The van der Waals surface area contributed by atoms with Gasteiger partial charge >= 0.3 is 5.97 Å². The fourth-order valence-corrected chi connectivity index (χ4v) is 7.23. The quantitative estimate of drug-likeness (QED) is 0.0404. The van der Waals surface area contributed by atoms with E-state index in [0.717, 1.165) is 25.7 Å². The Balaban J connectivity index is 2.09. The molecule has 0 aromatic heterocycles. The number of carbonyl (C=O) groups excluding carboxylic acids is 1. The molecule has 1 aliphatic rings. The van der Waals surface area contributed by atoms with Crippen molar-refractivity contribution in [2.24, 2.45) is 11.8 Å². The molecule has 2 rings (SSSR count). The number of hydrogen-bond acceptors (Lipinski definition) is 8. The van der Waals surface area contributed by atoms with Crippen molar-refractivity contribution in [2.45, 2.75) is 142 Å². The fourth-order valence-electron chi connectivity index (χ4n) is 5.91. The Labute approximate surface area is 292 Å². The molecule has 0 unspecified atom stereocenters. The molecular weight excluding hydrogens is 625 g/mol. The number of carbonyl (C=O) groups is 1. The van der Waals surface area contributed by atoms with Gasteiger partial charge in [0.05, 0.1) is 24.9 Å². The topological polar surface area (TPSA) is 81.7 Å². The number of methoxy groups -OCH3 is 3. The summed E-state index contributed by atoms with van der Waals surface area (Å²) in [4.78, 5) is 11.9. The highest BCUT2D eigenvalue weighted by atomic mass is 28.4. The van der Waals surface area contributed by atoms with Crippen LogP contribution in [0.4, 0.5) is 0 Å². The first kappa shape index (κ1) is 42.1. The summed E-state index contributed by atoms with van der Waals surface area (Å²) in [5.41, 5.74) is 1.25. The third-order valence-corrected chi connectivity index (χ3v) is 14.2. The molecule has 1 aromatic rings. The van der Waals surface area contributed by atoms with Crippen molar-refractivity contribution < 1.29 is 37.6 Å². The maximum Gasteiger partial charge on any atom is 0.384 e. The van der Waals surface area contributed by atoms with Crippen LogP contribution in [0.1, 0.15) is 92.7 Å². The molecular formula is C39H64O8Si. The smallest absolute Gasteiger partial charge is 0.384 e. The van der Waals surface area contributed by atoms with Crippen LogP contribution in [-0.2, 0) is 37.6 Å². The number of esters is 1. The number of benzene rings is 1. The summed E-state index contributed by atoms with van der Waals surface area (Å²) < 4.78 is 42.2. The minimum absolute atomic E-state index is 0.0236. The van der Waals surface area contributed by atoms with Crippen LogP contribution in [0.3, 0.4) is 0 Å². The van der Waals surface area contributed by atoms with Gasteiger partial charge in [0.1, 0.15) is 18.3 Å². The maximum atomic E-state index is 11.9. The summed E-state index contributed by atoms with van der Waals surface area (Å²) in [6, 6.07) is 10.6. The Morgan fingerprint density at radius 1 is 0.979 bits per heavy atom. The van der Waals surface area contributed by atoms with Crippen LogP contribution in [-0.4, -0.2) is 78.5 Å². The second-order valence-electron chi connectivity index (χ2n) is 14.9. The van der Waals surface area contributed by atoms with Gasteiger partial charge < -0.3 is 32.8 Å². The average Bonchev–Trinajstić information content (AvgIpc) is 3.02. The minimum Gasteiger partial charge on any atom is -0.456 e. The van der Waals surface area contributed by atoms with Crippen molar-refractivity contribution in [3.05, 3.63) is 48.0 Å². The molecule has 0 amide bonds. The predicted octanol–water partition coefficient (Wildman–Crippen LogP) is 8.27. The Morgan fingerprint density at radius 3 is 2.17 bits per heavy atom. The summed E-state index contributed by atoms with van der Waals surface area (Å²) in [7, 11) is 3.10. The highest BCUT2D eigenvalue weighted by Gasteiger charge is 2.46. The van der Waals surface area contributed by atoms with Crippen molar-refractivity contribution in [3.8, 4) is 11.8 Å². The first-order valence-corrected chi connectivity index (χ1v) is 20.4. The molecule has 0 aliphatic carbocycles. The van der Waals surface area contributed by atoms with Gasteiger partial charge in [0.2, 0.25) is 0 Å². The van der Waals surface area contributed by atoms with Crippen molar-refractivity contribution in [2.75, 3.05) is 27.9 Å². The maximum absolute atomic E-state index is 11.9. The number of unbranched alkanes of at least 4 members (excludes halogenated alkanes) is 1. The van der Waals surface area contributed by atoms with E-state index in [9.17, 15) is 4.79 Å². The monoisotopic (exact) mass is 688 g/mol. The minimum atomic E-state index is -1.94. The first-order chi connectivity index (χ1) is 22.5. The molecule has 1 fully saturated rings. The summed E-state index contributed by atoms with van der Waals surface area (Å²) >= 11 is 0. The zero-order valence-electron chi connectivity index (χ0n) is 32.0. The molecule has 48 heavy (non-hydrogen) atoms. The van der Waals surface area contributed by atoms with Crippen molar-refractivity contribution in [3.63, 3.8) is 0 Å². The molecule has 1 aromatic carbocycles. The van der Waals surface area contributed by atoms with E-state index < -0.39 is 32.3 Å². The molecule has 0 spiro atoms. The number of rotatable bonds is 17. The van der Waals surface area contributed by atoms with E-state index in [-0.39, 0.29) is 47.9 Å². The van der Waals surface area contributed by atoms with E-state index in [1.807, 2.05) is 13.8 Å². The Bertz CT molecular complexity index is 1180. The van der Waals surface area contributed by atoms with Crippen LogP contribution in [0.2, 0.25) is 18.1 Å². The molecule has 9 heteroatoms. The van der Waals surface area contributed by atoms with E-state index in [0.29, 0.717) is 0 Å². The molecule has 0 radical (unpaired) electrons. The normalized spacial score (nSPS) is 23.1. The van der Waals surface area contributed by atoms with Crippen LogP contribution in [0.25, 0.3) is 0 Å². The van der Waals surface area contributed by atoms with Crippen LogP contribution in [0.15, 0.2) is 42.5 Å². The summed E-state index contributed by atoms with van der Waals surface area (Å²) in [5, 5.41) is 0.143. The third kappa shape index (κ3) is 12.7. The standard InChI is InChI=1S/C39H64O8Si/c1-14-44-35(40)27-26-34(43-11)37-29(3)36(45-39(7,8)46-37)28(2)24-25-33(42-10)32(41-9)23-19-18-22-31(30-20-16-15-17-21-30)47-48(12,13)38(4,5)6/h15-17,20-21,24-25,28-29,31-34,36-37H,14,18-19,22-23H2,1-13H3/b25-24+/t28-,29+,31-,32-,33+,34-,36-,37-/m0/s1. The van der Waals surface area contributed by atoms with Crippen LogP contribution >= 0.6 is 0 Å². The Morgan fingerprint density at radius 2 is 1.60 bits per heavy atom. The summed E-state index contributed by atoms with van der Waals surface area (Å²) in [5.74, 6) is 3.93. The molecule has 8 nitrogen and oxygen atoms in total. The third-order valence-electron chi connectivity index (χ3n) is 9.70. The summed E-state index contributed by atoms with van der Waals surface area (Å²) in [6.07, 6.45) is 6.62. The summed E-state index contributed by atoms with van der Waals surface area (Å²) in [6.45, 7) is 21.5. The lowest BCUT2D eigenvalue weighted by atomic mass is 9.84. The molecule has 8 atom stereocenters. The van der Waals surface area contributed by atoms with Gasteiger partial charge in [-0.1, -0.05) is 95.9 Å². The van der Waals surface area contributed by atoms with Gasteiger partial charge in [0.25, 0.3) is 0 Å². The van der Waals surface area contributed by atoms with E-state index in [1.165, 1.54) is 5.56 Å². The average molecular weight is 689 g/mol. The molecule has 1 saturated heterocycles. The van der Waals surface area contributed by atoms with Gasteiger partial charge in [-0.2, -0.15) is 0 Å². The van der Waals surface area contributed by atoms with E-state index in [4.69, 9.17) is 32.8 Å². The van der Waals surface area contributed by atoms with Crippen LogP contribution in [0.5, 0.6) is 0 Å². The first-order valence-electron chi connectivity index (χ1n) is 17.5. The Kier molecular flexibility index (Phi) is 17.0. The van der Waals surface area contributed by atoms with Gasteiger partial charge in [-0.05, 0) is 57.3 Å². The van der Waals surface area contributed by atoms with E-state index in [2.05, 4.69) is 102 Å². The highest BCUT2D eigenvalue weighted by Crippen LogP contribution is 2.41. The Hall–Kier alpha value is -2.03. The number of hydrogen-bond donors (Lipinski definition) is 0. The lowest BCUT2D eigenvalue weighted by molar-refractivity contribution is -0.334. The van der Waals surface area contributed by atoms with Crippen molar-refractivity contribution in [1.82, 2.24) is 0 Å².